The van der Waals surface area contributed by atoms with Crippen LogP contribution in [-0.4, -0.2) is 47.7 Å². The maximum Gasteiger partial charge on any atom is 0.303 e. The van der Waals surface area contributed by atoms with Crippen molar-refractivity contribution < 1.29 is 19.4 Å². The molecule has 0 aromatic rings. The van der Waals surface area contributed by atoms with Gasteiger partial charge in [0.05, 0.1) is 12.7 Å². The fourth-order valence-corrected chi connectivity index (χ4v) is 1.84. The predicted molar refractivity (Wildman–Crippen MR) is 62.6 cm³/mol. The van der Waals surface area contributed by atoms with E-state index in [0.29, 0.717) is 26.1 Å². The Morgan fingerprint density at radius 1 is 1.41 bits per heavy atom. The van der Waals surface area contributed by atoms with Gasteiger partial charge in [-0.15, -0.1) is 0 Å². The van der Waals surface area contributed by atoms with Crippen LogP contribution < -0.4 is 0 Å². The summed E-state index contributed by atoms with van der Waals surface area (Å²) in [5.74, 6) is -0.728. The molecular formula is C12H21NO4. The topological polar surface area (TPSA) is 66.8 Å². The van der Waals surface area contributed by atoms with Crippen molar-refractivity contribution in [2.75, 3.05) is 19.7 Å². The van der Waals surface area contributed by atoms with Crippen LogP contribution in [0.15, 0.2) is 0 Å². The molecule has 98 valence electrons. The normalized spacial score (nSPS) is 21.4. The molecule has 0 bridgehead atoms. The Morgan fingerprint density at radius 2 is 2.06 bits per heavy atom. The number of carbonyl (C=O) groups is 2. The number of ether oxygens (including phenoxy) is 1. The number of carboxylic acids is 1. The number of carboxylic acid groups (broad SMARTS) is 1. The van der Waals surface area contributed by atoms with Crippen molar-refractivity contribution in [1.82, 2.24) is 4.90 Å². The lowest BCUT2D eigenvalue weighted by Gasteiger charge is -2.36. The Labute approximate surface area is 102 Å². The molecule has 1 saturated heterocycles. The largest absolute Gasteiger partial charge is 0.481 e. The molecule has 0 aromatic carbocycles. The number of hydrogen-bond donors (Lipinski definition) is 1. The van der Waals surface area contributed by atoms with E-state index in [1.54, 1.807) is 4.90 Å². The molecule has 5 heteroatoms. The third-order valence-corrected chi connectivity index (χ3v) is 2.75. The monoisotopic (exact) mass is 243 g/mol. The van der Waals surface area contributed by atoms with E-state index in [-0.39, 0.29) is 18.4 Å². The first-order valence-corrected chi connectivity index (χ1v) is 5.93. The number of morpholine rings is 1. The Morgan fingerprint density at radius 3 is 2.59 bits per heavy atom. The van der Waals surface area contributed by atoms with Gasteiger partial charge in [0.1, 0.15) is 0 Å². The van der Waals surface area contributed by atoms with E-state index >= 15 is 0 Å². The molecule has 1 N–H and O–H groups in total. The van der Waals surface area contributed by atoms with Gasteiger partial charge in [-0.1, -0.05) is 20.8 Å². The highest BCUT2D eigenvalue weighted by atomic mass is 16.5. The molecule has 0 spiro atoms. The average molecular weight is 243 g/mol. The second kappa shape index (κ2) is 5.49. The highest BCUT2D eigenvalue weighted by molar-refractivity contribution is 5.81. The van der Waals surface area contributed by atoms with Gasteiger partial charge in [0.25, 0.3) is 0 Å². The SMILES string of the molecule is CC(C)(C)C(=O)N1CCOC(CCC(=O)O)C1. The molecular weight excluding hydrogens is 222 g/mol. The first-order valence-electron chi connectivity index (χ1n) is 5.93. The van der Waals surface area contributed by atoms with Gasteiger partial charge in [0.2, 0.25) is 5.91 Å². The fourth-order valence-electron chi connectivity index (χ4n) is 1.84. The van der Waals surface area contributed by atoms with Gasteiger partial charge >= 0.3 is 5.97 Å². The van der Waals surface area contributed by atoms with Gasteiger partial charge in [-0.05, 0) is 6.42 Å². The maximum atomic E-state index is 12.1. The van der Waals surface area contributed by atoms with Gasteiger partial charge in [0, 0.05) is 24.9 Å². The molecule has 1 heterocycles. The van der Waals surface area contributed by atoms with Crippen LogP contribution in [0.5, 0.6) is 0 Å². The van der Waals surface area contributed by atoms with Crippen LogP contribution in [0.3, 0.4) is 0 Å². The van der Waals surface area contributed by atoms with Gasteiger partial charge in [-0.2, -0.15) is 0 Å². The van der Waals surface area contributed by atoms with E-state index < -0.39 is 11.4 Å². The predicted octanol–water partition coefficient (Wildman–Crippen LogP) is 1.12. The minimum atomic E-state index is -0.826. The minimum Gasteiger partial charge on any atom is -0.481 e. The molecule has 1 aliphatic heterocycles. The number of amides is 1. The third-order valence-electron chi connectivity index (χ3n) is 2.75. The van der Waals surface area contributed by atoms with Crippen molar-refractivity contribution in [2.45, 2.75) is 39.7 Å². The van der Waals surface area contributed by atoms with Gasteiger partial charge in [-0.3, -0.25) is 9.59 Å². The van der Waals surface area contributed by atoms with Crippen LogP contribution in [-0.2, 0) is 14.3 Å². The molecule has 1 rings (SSSR count). The molecule has 17 heavy (non-hydrogen) atoms. The fraction of sp³-hybridized carbons (Fsp3) is 0.833. The molecule has 0 radical (unpaired) electrons. The zero-order valence-corrected chi connectivity index (χ0v) is 10.7. The Balaban J connectivity index is 2.49. The summed E-state index contributed by atoms with van der Waals surface area (Å²) in [5, 5.41) is 8.61. The summed E-state index contributed by atoms with van der Waals surface area (Å²) in [6.45, 7) is 7.25. The lowest BCUT2D eigenvalue weighted by molar-refractivity contribution is -0.147. The zero-order chi connectivity index (χ0) is 13.1. The maximum absolute atomic E-state index is 12.1. The smallest absolute Gasteiger partial charge is 0.303 e. The Kier molecular flexibility index (Phi) is 4.51. The van der Waals surface area contributed by atoms with Crippen molar-refractivity contribution in [2.24, 2.45) is 5.41 Å². The Hall–Kier alpha value is -1.10. The van der Waals surface area contributed by atoms with Crippen LogP contribution in [0.4, 0.5) is 0 Å². The Bertz CT molecular complexity index is 295. The van der Waals surface area contributed by atoms with E-state index in [9.17, 15) is 9.59 Å². The van der Waals surface area contributed by atoms with Crippen LogP contribution in [0, 0.1) is 5.41 Å². The van der Waals surface area contributed by atoms with Crippen LogP contribution in [0.25, 0.3) is 0 Å². The number of aliphatic carboxylic acids is 1. The molecule has 0 aromatic heterocycles. The first-order chi connectivity index (χ1) is 7.80. The van der Waals surface area contributed by atoms with E-state index in [4.69, 9.17) is 9.84 Å². The highest BCUT2D eigenvalue weighted by Crippen LogP contribution is 2.20. The molecule has 1 amide bonds. The number of hydrogen-bond acceptors (Lipinski definition) is 3. The molecule has 1 fully saturated rings. The van der Waals surface area contributed by atoms with Crippen LogP contribution in [0.1, 0.15) is 33.6 Å². The summed E-state index contributed by atoms with van der Waals surface area (Å²) in [5.41, 5.74) is -0.394. The highest BCUT2D eigenvalue weighted by Gasteiger charge is 2.31. The summed E-state index contributed by atoms with van der Waals surface area (Å²) >= 11 is 0. The van der Waals surface area contributed by atoms with Crippen molar-refractivity contribution in [3.63, 3.8) is 0 Å². The molecule has 1 aliphatic rings. The zero-order valence-electron chi connectivity index (χ0n) is 10.7. The summed E-state index contributed by atoms with van der Waals surface area (Å²) < 4.78 is 5.46. The number of rotatable bonds is 3. The second-order valence-electron chi connectivity index (χ2n) is 5.43. The number of carbonyl (C=O) groups excluding carboxylic acids is 1. The quantitative estimate of drug-likeness (QED) is 0.806. The number of nitrogens with zero attached hydrogens (tertiary/aromatic N) is 1. The van der Waals surface area contributed by atoms with E-state index in [1.165, 1.54) is 0 Å². The third kappa shape index (κ3) is 4.34. The lowest BCUT2D eigenvalue weighted by atomic mass is 9.94. The van der Waals surface area contributed by atoms with E-state index in [2.05, 4.69) is 0 Å². The first kappa shape index (κ1) is 14.0. The van der Waals surface area contributed by atoms with Crippen molar-refractivity contribution in [3.05, 3.63) is 0 Å². The molecule has 5 nitrogen and oxygen atoms in total. The molecule has 0 saturated carbocycles. The second-order valence-corrected chi connectivity index (χ2v) is 5.43. The van der Waals surface area contributed by atoms with Crippen molar-refractivity contribution >= 4 is 11.9 Å². The summed E-state index contributed by atoms with van der Waals surface area (Å²) in [6.07, 6.45) is 0.400. The van der Waals surface area contributed by atoms with Gasteiger partial charge in [0.15, 0.2) is 0 Å². The van der Waals surface area contributed by atoms with Crippen LogP contribution in [0.2, 0.25) is 0 Å². The van der Waals surface area contributed by atoms with Crippen molar-refractivity contribution in [1.29, 1.82) is 0 Å². The molecule has 0 aliphatic carbocycles. The summed E-state index contributed by atoms with van der Waals surface area (Å²) in [7, 11) is 0. The van der Waals surface area contributed by atoms with Crippen LogP contribution >= 0.6 is 0 Å². The van der Waals surface area contributed by atoms with E-state index in [0.717, 1.165) is 0 Å². The van der Waals surface area contributed by atoms with Gasteiger partial charge < -0.3 is 14.7 Å². The van der Waals surface area contributed by atoms with Crippen molar-refractivity contribution in [3.8, 4) is 0 Å². The average Bonchev–Trinajstić information content (AvgIpc) is 2.24. The molecule has 1 atom stereocenters. The molecule has 1 unspecified atom stereocenters. The minimum absolute atomic E-state index is 0.0855. The standard InChI is InChI=1S/C12H21NO4/c1-12(2,3)11(16)13-6-7-17-9(8-13)4-5-10(14)15/h9H,4-8H2,1-3H3,(H,14,15). The lowest BCUT2D eigenvalue weighted by Crippen LogP contribution is -2.49. The van der Waals surface area contributed by atoms with Gasteiger partial charge in [-0.25, -0.2) is 0 Å². The summed E-state index contributed by atoms with van der Waals surface area (Å²) in [6, 6.07) is 0. The summed E-state index contributed by atoms with van der Waals surface area (Å²) in [4.78, 5) is 24.3. The van der Waals surface area contributed by atoms with E-state index in [1.807, 2.05) is 20.8 Å².